The molecule has 2 aromatic heterocycles. The first-order chi connectivity index (χ1) is 10.3. The van der Waals surface area contributed by atoms with Gasteiger partial charge in [0.25, 0.3) is 0 Å². The largest absolute Gasteiger partial charge is 0.477 e. The molecule has 0 radical (unpaired) electrons. The van der Waals surface area contributed by atoms with E-state index >= 15 is 0 Å². The predicted molar refractivity (Wildman–Crippen MR) is 84.2 cm³/mol. The van der Waals surface area contributed by atoms with Gasteiger partial charge < -0.3 is 10.1 Å². The van der Waals surface area contributed by atoms with Crippen molar-refractivity contribution in [3.63, 3.8) is 0 Å². The molecule has 0 unspecified atom stereocenters. The van der Waals surface area contributed by atoms with Crippen LogP contribution in [0.4, 0.5) is 5.82 Å². The van der Waals surface area contributed by atoms with Gasteiger partial charge in [-0.25, -0.2) is 4.98 Å². The molecule has 2 heterocycles. The lowest BCUT2D eigenvalue weighted by atomic mass is 10.0. The fourth-order valence-electron chi connectivity index (χ4n) is 2.46. The summed E-state index contributed by atoms with van der Waals surface area (Å²) >= 11 is 1.87. The van der Waals surface area contributed by atoms with Crippen molar-refractivity contribution in [2.75, 3.05) is 18.5 Å². The van der Waals surface area contributed by atoms with Crippen LogP contribution in [-0.2, 0) is 19.3 Å². The Hall–Kier alpha value is -1.69. The average Bonchev–Trinajstić information content (AvgIpc) is 2.91. The standard InChI is InChI=1S/C15H20N4OS/c1-2-20-14-10-16-9-13(19-14)17-8-7-15-18-11-5-3-4-6-12(11)21-15/h9-10H,2-8H2,1H3,(H,17,19). The Morgan fingerprint density at radius 1 is 1.24 bits per heavy atom. The first kappa shape index (κ1) is 14.3. The minimum Gasteiger partial charge on any atom is -0.477 e. The van der Waals surface area contributed by atoms with Crippen LogP contribution < -0.4 is 10.1 Å². The van der Waals surface area contributed by atoms with Crippen LogP contribution in [0.5, 0.6) is 5.88 Å². The summed E-state index contributed by atoms with van der Waals surface area (Å²) < 4.78 is 5.34. The molecule has 6 heteroatoms. The van der Waals surface area contributed by atoms with Gasteiger partial charge in [-0.1, -0.05) is 0 Å². The van der Waals surface area contributed by atoms with E-state index in [0.29, 0.717) is 12.5 Å². The monoisotopic (exact) mass is 304 g/mol. The number of hydrogen-bond donors (Lipinski definition) is 1. The van der Waals surface area contributed by atoms with Crippen molar-refractivity contribution in [3.8, 4) is 5.88 Å². The van der Waals surface area contributed by atoms with Gasteiger partial charge in [0.15, 0.2) is 0 Å². The predicted octanol–water partition coefficient (Wildman–Crippen LogP) is 2.87. The number of nitrogens with one attached hydrogen (secondary N) is 1. The van der Waals surface area contributed by atoms with Crippen molar-refractivity contribution in [3.05, 3.63) is 28.0 Å². The van der Waals surface area contributed by atoms with Crippen LogP contribution in [0.1, 0.15) is 35.3 Å². The molecule has 0 amide bonds. The number of aromatic nitrogens is 3. The summed E-state index contributed by atoms with van der Waals surface area (Å²) in [5.74, 6) is 1.31. The maximum Gasteiger partial charge on any atom is 0.234 e. The van der Waals surface area contributed by atoms with Crippen LogP contribution in [0.3, 0.4) is 0 Å². The molecule has 21 heavy (non-hydrogen) atoms. The molecule has 112 valence electrons. The van der Waals surface area contributed by atoms with E-state index in [4.69, 9.17) is 9.72 Å². The first-order valence-corrected chi connectivity index (χ1v) is 8.33. The summed E-state index contributed by atoms with van der Waals surface area (Å²) in [6.07, 6.45) is 9.24. The van der Waals surface area contributed by atoms with Crippen LogP contribution in [0.25, 0.3) is 0 Å². The molecule has 0 fully saturated rings. The lowest BCUT2D eigenvalue weighted by Crippen LogP contribution is -2.07. The van der Waals surface area contributed by atoms with Gasteiger partial charge in [-0.3, -0.25) is 4.98 Å². The molecule has 0 spiro atoms. The van der Waals surface area contributed by atoms with Crippen molar-refractivity contribution in [2.24, 2.45) is 0 Å². The molecule has 0 aromatic carbocycles. The van der Waals surface area contributed by atoms with Crippen molar-refractivity contribution >= 4 is 17.2 Å². The summed E-state index contributed by atoms with van der Waals surface area (Å²) in [5, 5.41) is 4.51. The van der Waals surface area contributed by atoms with E-state index in [0.717, 1.165) is 25.2 Å². The van der Waals surface area contributed by atoms with Crippen molar-refractivity contribution in [1.82, 2.24) is 15.0 Å². The molecule has 0 aliphatic heterocycles. The number of anilines is 1. The second-order valence-corrected chi connectivity index (χ2v) is 6.21. The van der Waals surface area contributed by atoms with E-state index in [1.807, 2.05) is 18.3 Å². The highest BCUT2D eigenvalue weighted by molar-refractivity contribution is 7.11. The SMILES string of the molecule is CCOc1cncc(NCCc2nc3c(s2)CCCC3)n1. The summed E-state index contributed by atoms with van der Waals surface area (Å²) in [7, 11) is 0. The quantitative estimate of drug-likeness (QED) is 0.889. The number of rotatable bonds is 6. The number of aryl methyl sites for hydroxylation is 2. The Balaban J connectivity index is 1.53. The van der Waals surface area contributed by atoms with Gasteiger partial charge in [0, 0.05) is 17.8 Å². The van der Waals surface area contributed by atoms with Crippen molar-refractivity contribution in [2.45, 2.75) is 39.0 Å². The Morgan fingerprint density at radius 3 is 3.00 bits per heavy atom. The van der Waals surface area contributed by atoms with Gasteiger partial charge in [-0.05, 0) is 32.6 Å². The van der Waals surface area contributed by atoms with Crippen LogP contribution >= 0.6 is 11.3 Å². The van der Waals surface area contributed by atoms with Crippen LogP contribution in [0, 0.1) is 0 Å². The van der Waals surface area contributed by atoms with E-state index in [1.165, 1.54) is 34.8 Å². The van der Waals surface area contributed by atoms with E-state index in [-0.39, 0.29) is 0 Å². The minimum absolute atomic E-state index is 0.562. The van der Waals surface area contributed by atoms with Crippen LogP contribution in [-0.4, -0.2) is 28.1 Å². The molecule has 0 saturated heterocycles. The number of ether oxygens (including phenoxy) is 1. The Bertz CT molecular complexity index is 576. The molecule has 0 atom stereocenters. The van der Waals surface area contributed by atoms with Gasteiger partial charge >= 0.3 is 0 Å². The van der Waals surface area contributed by atoms with Gasteiger partial charge in [0.2, 0.25) is 5.88 Å². The number of thiazole rings is 1. The molecular formula is C15H20N4OS. The van der Waals surface area contributed by atoms with E-state index in [9.17, 15) is 0 Å². The zero-order valence-corrected chi connectivity index (χ0v) is 13.1. The Labute approximate surface area is 128 Å². The fourth-order valence-corrected chi connectivity index (χ4v) is 3.62. The number of nitrogens with zero attached hydrogens (tertiary/aromatic N) is 3. The maximum atomic E-state index is 5.34. The Morgan fingerprint density at radius 2 is 2.14 bits per heavy atom. The van der Waals surface area contributed by atoms with E-state index in [1.54, 1.807) is 12.4 Å². The third-order valence-electron chi connectivity index (χ3n) is 3.44. The molecule has 1 N–H and O–H groups in total. The lowest BCUT2D eigenvalue weighted by Gasteiger charge is -2.06. The van der Waals surface area contributed by atoms with Gasteiger partial charge in [-0.2, -0.15) is 4.98 Å². The first-order valence-electron chi connectivity index (χ1n) is 7.51. The number of hydrogen-bond acceptors (Lipinski definition) is 6. The molecule has 1 aliphatic carbocycles. The summed E-state index contributed by atoms with van der Waals surface area (Å²) in [6.45, 7) is 3.35. The Kier molecular flexibility index (Phi) is 4.65. The normalized spacial score (nSPS) is 13.8. The summed E-state index contributed by atoms with van der Waals surface area (Å²) in [6, 6.07) is 0. The zero-order valence-electron chi connectivity index (χ0n) is 12.3. The molecule has 5 nitrogen and oxygen atoms in total. The van der Waals surface area contributed by atoms with Crippen LogP contribution in [0.15, 0.2) is 12.4 Å². The molecule has 3 rings (SSSR count). The maximum absolute atomic E-state index is 5.34. The minimum atomic E-state index is 0.562. The lowest BCUT2D eigenvalue weighted by molar-refractivity contribution is 0.325. The molecule has 2 aromatic rings. The highest BCUT2D eigenvalue weighted by atomic mass is 32.1. The van der Waals surface area contributed by atoms with Crippen molar-refractivity contribution < 1.29 is 4.74 Å². The second-order valence-electron chi connectivity index (χ2n) is 5.04. The zero-order chi connectivity index (χ0) is 14.5. The summed E-state index contributed by atoms with van der Waals surface area (Å²) in [5.41, 5.74) is 1.33. The summed E-state index contributed by atoms with van der Waals surface area (Å²) in [4.78, 5) is 14.7. The second kappa shape index (κ2) is 6.85. The van der Waals surface area contributed by atoms with Crippen LogP contribution in [0.2, 0.25) is 0 Å². The third kappa shape index (κ3) is 3.69. The fraction of sp³-hybridized carbons (Fsp3) is 0.533. The van der Waals surface area contributed by atoms with E-state index in [2.05, 4.69) is 15.3 Å². The molecule has 0 bridgehead atoms. The van der Waals surface area contributed by atoms with Gasteiger partial charge in [0.05, 0.1) is 29.7 Å². The van der Waals surface area contributed by atoms with E-state index < -0.39 is 0 Å². The van der Waals surface area contributed by atoms with Crippen molar-refractivity contribution in [1.29, 1.82) is 0 Å². The molecule has 0 saturated carbocycles. The third-order valence-corrected chi connectivity index (χ3v) is 4.66. The smallest absolute Gasteiger partial charge is 0.234 e. The number of fused-ring (bicyclic) bond motifs is 1. The highest BCUT2D eigenvalue weighted by Gasteiger charge is 2.14. The molecule has 1 aliphatic rings. The highest BCUT2D eigenvalue weighted by Crippen LogP contribution is 2.26. The molecular weight excluding hydrogens is 284 g/mol. The topological polar surface area (TPSA) is 59.9 Å². The van der Waals surface area contributed by atoms with Gasteiger partial charge in [0.1, 0.15) is 5.82 Å². The van der Waals surface area contributed by atoms with Gasteiger partial charge in [-0.15, -0.1) is 11.3 Å². The average molecular weight is 304 g/mol.